The van der Waals surface area contributed by atoms with Crippen LogP contribution in [0, 0.1) is 0 Å². The third-order valence-corrected chi connectivity index (χ3v) is 5.41. The van der Waals surface area contributed by atoms with Gasteiger partial charge in [0, 0.05) is 48.2 Å². The van der Waals surface area contributed by atoms with Crippen LogP contribution < -0.4 is 5.32 Å². The Morgan fingerprint density at radius 2 is 2.07 bits per heavy atom. The highest BCUT2D eigenvalue weighted by atomic mass is 19.1. The molecule has 1 N–H and O–H groups in total. The number of rotatable bonds is 5. The zero-order valence-electron chi connectivity index (χ0n) is 17.3. The molecule has 6 nitrogen and oxygen atoms in total. The Kier molecular flexibility index (Phi) is 5.99. The molecule has 7 heteroatoms. The van der Waals surface area contributed by atoms with E-state index in [0.29, 0.717) is 18.7 Å². The first-order valence-corrected chi connectivity index (χ1v) is 10.3. The number of carbonyl (C=O) groups excluding carboxylic acids is 1. The SMILES string of the molecule is CC(C)N[C@H]1CCN(C(=O)Cc2cc3cc(-c4cnccn4)ccc3cn2)C[C@@H]1F. The van der Waals surface area contributed by atoms with E-state index in [1.165, 1.54) is 0 Å². The molecule has 1 amide bonds. The van der Waals surface area contributed by atoms with E-state index in [9.17, 15) is 9.18 Å². The number of piperidine rings is 1. The third kappa shape index (κ3) is 4.62. The number of nitrogens with one attached hydrogen (secondary N) is 1. The predicted molar refractivity (Wildman–Crippen MR) is 115 cm³/mol. The molecule has 1 aliphatic heterocycles. The van der Waals surface area contributed by atoms with Crippen LogP contribution in [-0.4, -0.2) is 57.1 Å². The van der Waals surface area contributed by atoms with Gasteiger partial charge in [-0.3, -0.25) is 19.7 Å². The molecule has 0 radical (unpaired) electrons. The number of halogens is 1. The van der Waals surface area contributed by atoms with E-state index in [1.807, 2.05) is 38.1 Å². The van der Waals surface area contributed by atoms with Gasteiger partial charge in [0.25, 0.3) is 0 Å². The van der Waals surface area contributed by atoms with Gasteiger partial charge in [0.1, 0.15) is 6.17 Å². The van der Waals surface area contributed by atoms with Crippen LogP contribution in [0.25, 0.3) is 22.0 Å². The van der Waals surface area contributed by atoms with E-state index < -0.39 is 6.17 Å². The van der Waals surface area contributed by atoms with Gasteiger partial charge in [0.15, 0.2) is 0 Å². The Hall–Kier alpha value is -2.93. The van der Waals surface area contributed by atoms with Crippen LogP contribution in [0.15, 0.2) is 49.1 Å². The monoisotopic (exact) mass is 407 g/mol. The molecule has 1 aliphatic rings. The average molecular weight is 407 g/mol. The lowest BCUT2D eigenvalue weighted by atomic mass is 10.0. The molecular weight excluding hydrogens is 381 g/mol. The highest BCUT2D eigenvalue weighted by Gasteiger charge is 2.31. The molecule has 30 heavy (non-hydrogen) atoms. The molecule has 3 heterocycles. The Bertz CT molecular complexity index is 1030. The minimum Gasteiger partial charge on any atom is -0.339 e. The predicted octanol–water partition coefficient (Wildman–Crippen LogP) is 3.17. The fraction of sp³-hybridized carbons (Fsp3) is 0.391. The van der Waals surface area contributed by atoms with Crippen LogP contribution in [0.3, 0.4) is 0 Å². The summed E-state index contributed by atoms with van der Waals surface area (Å²) in [5, 5.41) is 5.22. The normalized spacial score (nSPS) is 19.4. The molecule has 0 spiro atoms. The van der Waals surface area contributed by atoms with Crippen molar-refractivity contribution in [3.05, 3.63) is 54.7 Å². The highest BCUT2D eigenvalue weighted by Crippen LogP contribution is 2.23. The van der Waals surface area contributed by atoms with Gasteiger partial charge < -0.3 is 10.2 Å². The fourth-order valence-electron chi connectivity index (χ4n) is 3.90. The van der Waals surface area contributed by atoms with Crippen LogP contribution in [0.2, 0.25) is 0 Å². The second-order valence-corrected chi connectivity index (χ2v) is 8.08. The molecule has 2 atom stereocenters. The lowest BCUT2D eigenvalue weighted by molar-refractivity contribution is -0.133. The Balaban J connectivity index is 1.46. The number of nitrogens with zero attached hydrogens (tertiary/aromatic N) is 4. The number of fused-ring (bicyclic) bond motifs is 1. The van der Waals surface area contributed by atoms with Crippen LogP contribution in [0.5, 0.6) is 0 Å². The molecule has 0 aliphatic carbocycles. The summed E-state index contributed by atoms with van der Waals surface area (Å²) < 4.78 is 14.5. The van der Waals surface area contributed by atoms with Crippen molar-refractivity contribution in [2.75, 3.05) is 13.1 Å². The maximum Gasteiger partial charge on any atom is 0.228 e. The van der Waals surface area contributed by atoms with E-state index in [2.05, 4.69) is 20.3 Å². The number of amides is 1. The van der Waals surface area contributed by atoms with E-state index in [0.717, 1.165) is 22.0 Å². The number of pyridine rings is 1. The molecule has 1 saturated heterocycles. The molecule has 4 rings (SSSR count). The van der Waals surface area contributed by atoms with Crippen LogP contribution in [0.4, 0.5) is 4.39 Å². The zero-order chi connectivity index (χ0) is 21.1. The fourth-order valence-corrected chi connectivity index (χ4v) is 3.90. The first-order valence-electron chi connectivity index (χ1n) is 10.3. The summed E-state index contributed by atoms with van der Waals surface area (Å²) in [6, 6.07) is 7.95. The maximum absolute atomic E-state index is 14.5. The minimum atomic E-state index is -1.05. The summed E-state index contributed by atoms with van der Waals surface area (Å²) in [7, 11) is 0. The third-order valence-electron chi connectivity index (χ3n) is 5.41. The smallest absolute Gasteiger partial charge is 0.228 e. The largest absolute Gasteiger partial charge is 0.339 e. The van der Waals surface area contributed by atoms with E-state index >= 15 is 0 Å². The van der Waals surface area contributed by atoms with Gasteiger partial charge in [0.05, 0.1) is 30.6 Å². The van der Waals surface area contributed by atoms with Crippen LogP contribution in [0.1, 0.15) is 26.0 Å². The number of alkyl halides is 1. The van der Waals surface area contributed by atoms with E-state index in [4.69, 9.17) is 0 Å². The Morgan fingerprint density at radius 3 is 2.80 bits per heavy atom. The molecule has 0 unspecified atom stereocenters. The number of hydrogen-bond acceptors (Lipinski definition) is 5. The number of benzene rings is 1. The molecule has 0 bridgehead atoms. The highest BCUT2D eigenvalue weighted by molar-refractivity contribution is 5.87. The number of hydrogen-bond donors (Lipinski definition) is 1. The summed E-state index contributed by atoms with van der Waals surface area (Å²) in [5.41, 5.74) is 2.43. The van der Waals surface area contributed by atoms with Crippen LogP contribution >= 0.6 is 0 Å². The average Bonchev–Trinajstić information content (AvgIpc) is 2.75. The lowest BCUT2D eigenvalue weighted by Crippen LogP contribution is -2.54. The number of aromatic nitrogens is 3. The van der Waals surface area contributed by atoms with Gasteiger partial charge in [-0.1, -0.05) is 26.0 Å². The Morgan fingerprint density at radius 1 is 1.20 bits per heavy atom. The van der Waals surface area contributed by atoms with Gasteiger partial charge in [-0.15, -0.1) is 0 Å². The number of likely N-dealkylation sites (tertiary alicyclic amines) is 1. The van der Waals surface area contributed by atoms with Gasteiger partial charge >= 0.3 is 0 Å². The van der Waals surface area contributed by atoms with Gasteiger partial charge in [-0.2, -0.15) is 0 Å². The quantitative estimate of drug-likeness (QED) is 0.703. The van der Waals surface area contributed by atoms with Crippen molar-refractivity contribution in [3.8, 4) is 11.3 Å². The van der Waals surface area contributed by atoms with E-state index in [1.54, 1.807) is 29.7 Å². The molecular formula is C23H26FN5O. The zero-order valence-corrected chi connectivity index (χ0v) is 17.3. The van der Waals surface area contributed by atoms with Crippen molar-refractivity contribution in [2.45, 2.75) is 44.9 Å². The van der Waals surface area contributed by atoms with Gasteiger partial charge in [-0.05, 0) is 23.9 Å². The van der Waals surface area contributed by atoms with Crippen molar-refractivity contribution >= 4 is 16.7 Å². The summed E-state index contributed by atoms with van der Waals surface area (Å²) in [4.78, 5) is 27.3. The summed E-state index contributed by atoms with van der Waals surface area (Å²) in [5.74, 6) is -0.0856. The Labute approximate surface area is 175 Å². The molecule has 1 fully saturated rings. The van der Waals surface area contributed by atoms with Crippen LogP contribution in [-0.2, 0) is 11.2 Å². The molecule has 2 aromatic heterocycles. The van der Waals surface area contributed by atoms with Gasteiger partial charge in [-0.25, -0.2) is 4.39 Å². The molecule has 1 aromatic carbocycles. The van der Waals surface area contributed by atoms with E-state index in [-0.39, 0.29) is 31.0 Å². The second-order valence-electron chi connectivity index (χ2n) is 8.08. The van der Waals surface area contributed by atoms with Crippen molar-refractivity contribution in [3.63, 3.8) is 0 Å². The molecule has 3 aromatic rings. The summed E-state index contributed by atoms with van der Waals surface area (Å²) in [6.07, 6.45) is 6.53. The molecule has 0 saturated carbocycles. The van der Waals surface area contributed by atoms with Crippen molar-refractivity contribution in [2.24, 2.45) is 0 Å². The lowest BCUT2D eigenvalue weighted by Gasteiger charge is -2.36. The summed E-state index contributed by atoms with van der Waals surface area (Å²) >= 11 is 0. The van der Waals surface area contributed by atoms with Crippen molar-refractivity contribution in [1.82, 2.24) is 25.2 Å². The minimum absolute atomic E-state index is 0.0856. The summed E-state index contributed by atoms with van der Waals surface area (Å²) in [6.45, 7) is 4.71. The first-order chi connectivity index (χ1) is 14.5. The van der Waals surface area contributed by atoms with Crippen molar-refractivity contribution in [1.29, 1.82) is 0 Å². The topological polar surface area (TPSA) is 71.0 Å². The number of carbonyl (C=O) groups is 1. The maximum atomic E-state index is 14.5. The standard InChI is InChI=1S/C23H26FN5O/c1-15(2)28-21-5-8-29(14-20(21)24)23(30)11-19-10-18-9-16(3-4-17(18)12-27-19)22-13-25-6-7-26-22/h3-4,6-7,9-10,12-13,15,20-21,28H,5,8,11,14H2,1-2H3/t20-,21-/m0/s1. The first kappa shape index (κ1) is 20.3. The van der Waals surface area contributed by atoms with Gasteiger partial charge in [0.2, 0.25) is 5.91 Å². The molecule has 156 valence electrons. The second kappa shape index (κ2) is 8.83. The van der Waals surface area contributed by atoms with Crippen molar-refractivity contribution < 1.29 is 9.18 Å².